The highest BCUT2D eigenvalue weighted by atomic mass is 32.2. The third-order valence-electron chi connectivity index (χ3n) is 4.76. The Hall–Kier alpha value is -1.78. The summed E-state index contributed by atoms with van der Waals surface area (Å²) in [5.74, 6) is -0.403. The predicted octanol–water partition coefficient (Wildman–Crippen LogP) is 4.08. The van der Waals surface area contributed by atoms with E-state index in [9.17, 15) is 9.90 Å². The van der Waals surface area contributed by atoms with E-state index < -0.39 is 6.10 Å². The summed E-state index contributed by atoms with van der Waals surface area (Å²) in [5, 5.41) is 14.0. The topological polar surface area (TPSA) is 49.3 Å². The largest absolute Gasteiger partial charge is 0.387 e. The molecule has 4 heteroatoms. The molecule has 1 aliphatic rings. The summed E-state index contributed by atoms with van der Waals surface area (Å²) >= 11 is 0. The summed E-state index contributed by atoms with van der Waals surface area (Å²) in [6.07, 6.45) is 0.877. The summed E-state index contributed by atoms with van der Waals surface area (Å²) in [6, 6.07) is 18.6. The van der Waals surface area contributed by atoms with Gasteiger partial charge in [-0.05, 0) is 51.8 Å². The molecule has 0 aliphatic carbocycles. The Balaban J connectivity index is 2.05. The summed E-state index contributed by atoms with van der Waals surface area (Å²) in [7, 11) is -0.208. The smallest absolute Gasteiger partial charge is 0.226 e. The van der Waals surface area contributed by atoms with Crippen molar-refractivity contribution in [3.05, 3.63) is 60.2 Å². The fourth-order valence-corrected chi connectivity index (χ4v) is 6.28. The minimum Gasteiger partial charge on any atom is -0.387 e. The third-order valence-corrected chi connectivity index (χ3v) is 7.54. The molecule has 2 N–H and O–H groups in total. The summed E-state index contributed by atoms with van der Waals surface area (Å²) < 4.78 is 0.00595. The van der Waals surface area contributed by atoms with Gasteiger partial charge in [0.1, 0.15) is 4.75 Å². The van der Waals surface area contributed by atoms with Crippen LogP contribution in [0.1, 0.15) is 45.3 Å². The molecule has 1 aliphatic heterocycles. The zero-order chi connectivity index (χ0) is 18.7. The quantitative estimate of drug-likeness (QED) is 0.797. The monoisotopic (exact) mass is 370 g/mol. The number of hydrogen-bond acceptors (Lipinski definition) is 2. The van der Waals surface area contributed by atoms with E-state index in [2.05, 4.69) is 56.4 Å². The normalized spacial score (nSPS) is 20.3. The van der Waals surface area contributed by atoms with E-state index >= 15 is 0 Å². The van der Waals surface area contributed by atoms with Gasteiger partial charge >= 0.3 is 0 Å². The lowest BCUT2D eigenvalue weighted by Crippen LogP contribution is -2.40. The van der Waals surface area contributed by atoms with Crippen molar-refractivity contribution in [2.45, 2.75) is 54.3 Å². The molecule has 1 fully saturated rings. The minimum absolute atomic E-state index is 0.00595. The average molecular weight is 371 g/mol. The molecule has 0 aromatic heterocycles. The highest BCUT2D eigenvalue weighted by Gasteiger charge is 2.42. The third kappa shape index (κ3) is 3.97. The average Bonchev–Trinajstić information content (AvgIpc) is 2.62. The van der Waals surface area contributed by atoms with Gasteiger partial charge in [0.2, 0.25) is 5.91 Å². The van der Waals surface area contributed by atoms with Crippen molar-refractivity contribution < 1.29 is 9.90 Å². The number of carbonyl (C=O) groups is 1. The molecule has 0 bridgehead atoms. The molecule has 0 spiro atoms. The van der Waals surface area contributed by atoms with E-state index in [1.807, 2.05) is 24.3 Å². The van der Waals surface area contributed by atoms with Gasteiger partial charge in [-0.3, -0.25) is 4.79 Å². The first kappa shape index (κ1) is 19.0. The van der Waals surface area contributed by atoms with Gasteiger partial charge < -0.3 is 10.4 Å². The molecular formula is C22H28NO2S+. The van der Waals surface area contributed by atoms with Crippen molar-refractivity contribution >= 4 is 16.8 Å². The molecule has 3 nitrogen and oxygen atoms in total. The van der Waals surface area contributed by atoms with E-state index in [1.54, 1.807) is 0 Å². The number of aliphatic hydroxyl groups excluding tert-OH is 1. The SMILES string of the molecule is CC(C)(C)[S+](c1ccccc1)c1ccccc1C(O)C1CCCNC1=O. The second-order valence-corrected chi connectivity index (χ2v) is 10.5. The molecular weight excluding hydrogens is 342 g/mol. The lowest BCUT2D eigenvalue weighted by atomic mass is 9.89. The van der Waals surface area contributed by atoms with Gasteiger partial charge in [0.15, 0.2) is 9.79 Å². The Morgan fingerprint density at radius 2 is 1.73 bits per heavy atom. The van der Waals surface area contributed by atoms with Crippen LogP contribution in [0, 0.1) is 5.92 Å². The Morgan fingerprint density at radius 1 is 1.08 bits per heavy atom. The summed E-state index contributed by atoms with van der Waals surface area (Å²) in [6.45, 7) is 7.42. The maximum absolute atomic E-state index is 12.3. The first-order chi connectivity index (χ1) is 12.4. The van der Waals surface area contributed by atoms with Crippen LogP contribution < -0.4 is 5.32 Å². The molecule has 1 amide bonds. The molecule has 1 heterocycles. The lowest BCUT2D eigenvalue weighted by molar-refractivity contribution is -0.130. The number of amides is 1. The van der Waals surface area contributed by atoms with Crippen LogP contribution in [0.5, 0.6) is 0 Å². The number of piperidine rings is 1. The lowest BCUT2D eigenvalue weighted by Gasteiger charge is -2.29. The first-order valence-electron chi connectivity index (χ1n) is 9.24. The maximum Gasteiger partial charge on any atom is 0.226 e. The van der Waals surface area contributed by atoms with Gasteiger partial charge in [0.05, 0.1) is 22.9 Å². The van der Waals surface area contributed by atoms with Crippen LogP contribution >= 0.6 is 0 Å². The second-order valence-electron chi connectivity index (χ2n) is 7.75. The molecule has 3 rings (SSSR count). The highest BCUT2D eigenvalue weighted by molar-refractivity contribution is 7.98. The molecule has 0 saturated carbocycles. The van der Waals surface area contributed by atoms with E-state index in [-0.39, 0.29) is 27.5 Å². The second kappa shape index (κ2) is 7.85. The van der Waals surface area contributed by atoms with Crippen LogP contribution in [-0.2, 0) is 15.7 Å². The molecule has 3 unspecified atom stereocenters. The molecule has 138 valence electrons. The maximum atomic E-state index is 12.3. The van der Waals surface area contributed by atoms with E-state index in [1.165, 1.54) is 4.90 Å². The van der Waals surface area contributed by atoms with E-state index in [0.717, 1.165) is 23.3 Å². The molecule has 0 radical (unpaired) electrons. The van der Waals surface area contributed by atoms with Crippen molar-refractivity contribution in [2.75, 3.05) is 6.54 Å². The highest BCUT2D eigenvalue weighted by Crippen LogP contribution is 2.40. The van der Waals surface area contributed by atoms with E-state index in [0.29, 0.717) is 6.54 Å². The van der Waals surface area contributed by atoms with Crippen LogP contribution in [0.25, 0.3) is 0 Å². The van der Waals surface area contributed by atoms with Gasteiger partial charge in [-0.1, -0.05) is 36.4 Å². The van der Waals surface area contributed by atoms with Crippen molar-refractivity contribution in [1.82, 2.24) is 5.32 Å². The Kier molecular flexibility index (Phi) is 5.73. The van der Waals surface area contributed by atoms with Gasteiger partial charge in [-0.2, -0.15) is 0 Å². The number of nitrogens with one attached hydrogen (secondary N) is 1. The minimum atomic E-state index is -0.771. The zero-order valence-electron chi connectivity index (χ0n) is 15.7. The van der Waals surface area contributed by atoms with Crippen LogP contribution in [0.2, 0.25) is 0 Å². The molecule has 2 aromatic carbocycles. The fraction of sp³-hybridized carbons (Fsp3) is 0.409. The number of carbonyl (C=O) groups excluding carboxylic acids is 1. The number of aliphatic hydroxyl groups is 1. The standard InChI is InChI=1S/C22H27NO2S/c1-22(2,3)26(16-10-5-4-6-11-16)19-14-8-7-12-17(19)20(24)18-13-9-15-23-21(18)25/h4-8,10-12,14,18,20,24H,9,13,15H2,1-3H3/p+1. The van der Waals surface area contributed by atoms with Gasteiger partial charge in [-0.15, -0.1) is 0 Å². The van der Waals surface area contributed by atoms with Crippen LogP contribution in [0.15, 0.2) is 64.4 Å². The van der Waals surface area contributed by atoms with Crippen LogP contribution in [0.3, 0.4) is 0 Å². The van der Waals surface area contributed by atoms with E-state index in [4.69, 9.17) is 0 Å². The van der Waals surface area contributed by atoms with Crippen molar-refractivity contribution in [3.8, 4) is 0 Å². The Labute approximate surface area is 159 Å². The van der Waals surface area contributed by atoms with Crippen molar-refractivity contribution in [2.24, 2.45) is 5.92 Å². The zero-order valence-corrected chi connectivity index (χ0v) is 16.6. The van der Waals surface area contributed by atoms with Gasteiger partial charge in [0.25, 0.3) is 0 Å². The van der Waals surface area contributed by atoms with Crippen molar-refractivity contribution in [1.29, 1.82) is 0 Å². The fourth-order valence-electron chi connectivity index (χ4n) is 3.59. The van der Waals surface area contributed by atoms with Gasteiger partial charge in [-0.25, -0.2) is 0 Å². The Morgan fingerprint density at radius 3 is 2.38 bits per heavy atom. The summed E-state index contributed by atoms with van der Waals surface area (Å²) in [5.41, 5.74) is 0.886. The number of hydrogen-bond donors (Lipinski definition) is 2. The van der Waals surface area contributed by atoms with Crippen molar-refractivity contribution in [3.63, 3.8) is 0 Å². The number of rotatable bonds is 4. The molecule has 2 aromatic rings. The van der Waals surface area contributed by atoms with Gasteiger partial charge in [0, 0.05) is 12.1 Å². The number of benzene rings is 2. The summed E-state index contributed by atoms with van der Waals surface area (Å²) in [4.78, 5) is 14.7. The molecule has 3 atom stereocenters. The van der Waals surface area contributed by atoms with Crippen LogP contribution in [0.4, 0.5) is 0 Å². The Bertz CT molecular complexity index is 754. The first-order valence-corrected chi connectivity index (χ1v) is 10.5. The van der Waals surface area contributed by atoms with Crippen LogP contribution in [-0.4, -0.2) is 22.3 Å². The molecule has 26 heavy (non-hydrogen) atoms. The predicted molar refractivity (Wildman–Crippen MR) is 107 cm³/mol. The molecule has 1 saturated heterocycles.